The van der Waals surface area contributed by atoms with E-state index in [0.29, 0.717) is 11.9 Å². The summed E-state index contributed by atoms with van der Waals surface area (Å²) in [6.45, 7) is 3.92. The van der Waals surface area contributed by atoms with Crippen molar-refractivity contribution in [2.24, 2.45) is 0 Å². The summed E-state index contributed by atoms with van der Waals surface area (Å²) in [6, 6.07) is 17.8. The molecule has 0 spiro atoms. The van der Waals surface area contributed by atoms with Crippen LogP contribution < -0.4 is 10.6 Å². The van der Waals surface area contributed by atoms with Crippen LogP contribution in [0.1, 0.15) is 11.4 Å². The molecule has 2 heterocycles. The molecule has 0 aliphatic rings. The second-order valence-corrected chi connectivity index (χ2v) is 5.91. The lowest BCUT2D eigenvalue weighted by atomic mass is 10.3. The van der Waals surface area contributed by atoms with Crippen molar-refractivity contribution in [3.63, 3.8) is 0 Å². The van der Waals surface area contributed by atoms with Crippen molar-refractivity contribution in [2.75, 3.05) is 10.6 Å². The molecule has 4 aromatic rings. The monoisotopic (exact) mass is 330 g/mol. The molecule has 4 rings (SSSR count). The van der Waals surface area contributed by atoms with Crippen molar-refractivity contribution < 1.29 is 0 Å². The smallest absolute Gasteiger partial charge is 0.227 e. The predicted molar refractivity (Wildman–Crippen MR) is 101 cm³/mol. The molecule has 0 saturated carbocycles. The highest BCUT2D eigenvalue weighted by atomic mass is 15.1. The number of anilines is 4. The number of aryl methyl sites for hydroxylation is 2. The molecular weight excluding hydrogens is 312 g/mol. The van der Waals surface area contributed by atoms with Gasteiger partial charge in [-0.3, -0.25) is 0 Å². The molecule has 0 saturated heterocycles. The van der Waals surface area contributed by atoms with E-state index in [-0.39, 0.29) is 0 Å². The number of benzene rings is 2. The second kappa shape index (κ2) is 6.24. The topological polar surface area (TPSA) is 78.5 Å². The summed E-state index contributed by atoms with van der Waals surface area (Å²) in [5.74, 6) is 1.30. The minimum Gasteiger partial charge on any atom is -0.326 e. The van der Waals surface area contributed by atoms with E-state index in [0.717, 1.165) is 33.8 Å². The van der Waals surface area contributed by atoms with Gasteiger partial charge in [-0.2, -0.15) is 0 Å². The van der Waals surface area contributed by atoms with Crippen molar-refractivity contribution in [3.05, 3.63) is 66.0 Å². The van der Waals surface area contributed by atoms with E-state index in [9.17, 15) is 0 Å². The number of rotatable bonds is 4. The third kappa shape index (κ3) is 3.42. The maximum absolute atomic E-state index is 4.53. The number of hydrogen-bond acceptors (Lipinski definition) is 5. The van der Waals surface area contributed by atoms with Gasteiger partial charge < -0.3 is 15.6 Å². The van der Waals surface area contributed by atoms with Crippen molar-refractivity contribution >= 4 is 34.3 Å². The lowest BCUT2D eigenvalue weighted by Crippen LogP contribution is -2.00. The van der Waals surface area contributed by atoms with Gasteiger partial charge in [0.05, 0.1) is 11.0 Å². The zero-order chi connectivity index (χ0) is 17.2. The van der Waals surface area contributed by atoms with Gasteiger partial charge in [0.25, 0.3) is 0 Å². The summed E-state index contributed by atoms with van der Waals surface area (Å²) < 4.78 is 0. The fourth-order valence-corrected chi connectivity index (χ4v) is 2.73. The van der Waals surface area contributed by atoms with Crippen LogP contribution in [0.25, 0.3) is 11.0 Å². The highest BCUT2D eigenvalue weighted by Crippen LogP contribution is 2.22. The number of hydrogen-bond donors (Lipinski definition) is 3. The van der Waals surface area contributed by atoms with Gasteiger partial charge in [0, 0.05) is 22.8 Å². The van der Waals surface area contributed by atoms with Gasteiger partial charge in [-0.05, 0) is 50.2 Å². The Morgan fingerprint density at radius 3 is 2.24 bits per heavy atom. The van der Waals surface area contributed by atoms with Crippen LogP contribution in [0.4, 0.5) is 23.3 Å². The third-order valence-corrected chi connectivity index (χ3v) is 3.75. The molecule has 0 atom stereocenters. The van der Waals surface area contributed by atoms with Gasteiger partial charge in [-0.15, -0.1) is 0 Å². The van der Waals surface area contributed by atoms with Crippen LogP contribution in [0, 0.1) is 13.8 Å². The fraction of sp³-hybridized carbons (Fsp3) is 0.105. The number of imidazole rings is 1. The molecule has 0 unspecified atom stereocenters. The highest BCUT2D eigenvalue weighted by Gasteiger charge is 2.04. The number of nitrogens with one attached hydrogen (secondary N) is 3. The van der Waals surface area contributed by atoms with Crippen molar-refractivity contribution in [1.82, 2.24) is 19.9 Å². The summed E-state index contributed by atoms with van der Waals surface area (Å²) in [7, 11) is 0. The molecule has 6 heteroatoms. The molecule has 0 fully saturated rings. The zero-order valence-electron chi connectivity index (χ0n) is 14.0. The molecule has 0 bridgehead atoms. The molecule has 0 radical (unpaired) electrons. The number of nitrogens with zero attached hydrogens (tertiary/aromatic N) is 3. The highest BCUT2D eigenvalue weighted by molar-refractivity contribution is 5.78. The third-order valence-electron chi connectivity index (χ3n) is 3.75. The van der Waals surface area contributed by atoms with Crippen LogP contribution in [0.15, 0.2) is 54.6 Å². The van der Waals surface area contributed by atoms with Crippen LogP contribution in [0.2, 0.25) is 0 Å². The zero-order valence-corrected chi connectivity index (χ0v) is 14.0. The molecule has 3 N–H and O–H groups in total. The van der Waals surface area contributed by atoms with E-state index in [1.54, 1.807) is 0 Å². The largest absolute Gasteiger partial charge is 0.326 e. The number of para-hydroxylation sites is 2. The lowest BCUT2D eigenvalue weighted by molar-refractivity contribution is 1.06. The molecule has 0 aliphatic carbocycles. The first-order valence-electron chi connectivity index (χ1n) is 8.07. The Kier molecular flexibility index (Phi) is 3.78. The van der Waals surface area contributed by atoms with Crippen molar-refractivity contribution in [1.29, 1.82) is 0 Å². The Labute approximate surface area is 145 Å². The van der Waals surface area contributed by atoms with Crippen LogP contribution in [-0.2, 0) is 0 Å². The Morgan fingerprint density at radius 2 is 1.48 bits per heavy atom. The first-order valence-corrected chi connectivity index (χ1v) is 8.07. The number of H-pyrrole nitrogens is 1. The van der Waals surface area contributed by atoms with Gasteiger partial charge in [-0.1, -0.05) is 18.2 Å². The van der Waals surface area contributed by atoms with Gasteiger partial charge in [0.1, 0.15) is 0 Å². The quantitative estimate of drug-likeness (QED) is 0.515. The molecule has 124 valence electrons. The standard InChI is InChI=1S/C19H18N6/c1-12-10-13(2)21-18(20-12)22-14-6-5-7-15(11-14)23-19-24-16-8-3-4-9-17(16)25-19/h3-11H,1-2H3,(H,20,21,22)(H2,23,24,25). The van der Waals surface area contributed by atoms with Crippen LogP contribution in [0.3, 0.4) is 0 Å². The fourth-order valence-electron chi connectivity index (χ4n) is 2.73. The van der Waals surface area contributed by atoms with E-state index in [1.165, 1.54) is 0 Å². The normalized spacial score (nSPS) is 10.8. The van der Waals surface area contributed by atoms with Gasteiger partial charge in [-0.25, -0.2) is 15.0 Å². The summed E-state index contributed by atoms with van der Waals surface area (Å²) in [6.07, 6.45) is 0. The van der Waals surface area contributed by atoms with E-state index < -0.39 is 0 Å². The number of aromatic amines is 1. The van der Waals surface area contributed by atoms with Crippen LogP contribution >= 0.6 is 0 Å². The Hall–Kier alpha value is -3.41. The Bertz CT molecular complexity index is 984. The summed E-state index contributed by atoms with van der Waals surface area (Å²) in [4.78, 5) is 16.6. The van der Waals surface area contributed by atoms with Gasteiger partial charge in [0.2, 0.25) is 11.9 Å². The van der Waals surface area contributed by atoms with E-state index >= 15 is 0 Å². The summed E-state index contributed by atoms with van der Waals surface area (Å²) in [5, 5.41) is 6.54. The first-order chi connectivity index (χ1) is 12.2. The Morgan fingerprint density at radius 1 is 0.760 bits per heavy atom. The average Bonchev–Trinajstić information content (AvgIpc) is 2.96. The summed E-state index contributed by atoms with van der Waals surface area (Å²) in [5.41, 5.74) is 5.64. The van der Waals surface area contributed by atoms with Gasteiger partial charge in [0.15, 0.2) is 0 Å². The van der Waals surface area contributed by atoms with Gasteiger partial charge >= 0.3 is 0 Å². The van der Waals surface area contributed by atoms with E-state index in [2.05, 4.69) is 30.6 Å². The molecule has 2 aromatic carbocycles. The van der Waals surface area contributed by atoms with E-state index in [4.69, 9.17) is 0 Å². The summed E-state index contributed by atoms with van der Waals surface area (Å²) >= 11 is 0. The average molecular weight is 330 g/mol. The first kappa shape index (κ1) is 15.1. The molecule has 6 nitrogen and oxygen atoms in total. The lowest BCUT2D eigenvalue weighted by Gasteiger charge is -2.09. The maximum atomic E-state index is 4.53. The molecule has 0 aliphatic heterocycles. The molecule has 25 heavy (non-hydrogen) atoms. The van der Waals surface area contributed by atoms with Crippen LogP contribution in [0.5, 0.6) is 0 Å². The minimum atomic E-state index is 0.596. The molecule has 2 aromatic heterocycles. The maximum Gasteiger partial charge on any atom is 0.227 e. The van der Waals surface area contributed by atoms with Crippen molar-refractivity contribution in [3.8, 4) is 0 Å². The number of aromatic nitrogens is 4. The van der Waals surface area contributed by atoms with Crippen LogP contribution in [-0.4, -0.2) is 19.9 Å². The predicted octanol–water partition coefficient (Wildman–Crippen LogP) is 4.46. The molecular formula is C19H18N6. The minimum absolute atomic E-state index is 0.596. The Balaban J connectivity index is 1.56. The SMILES string of the molecule is Cc1cc(C)nc(Nc2cccc(Nc3nc4ccccc4[nH]3)c2)n1. The second-order valence-electron chi connectivity index (χ2n) is 5.91. The van der Waals surface area contributed by atoms with Crippen molar-refractivity contribution in [2.45, 2.75) is 13.8 Å². The molecule has 0 amide bonds. The number of fused-ring (bicyclic) bond motifs is 1. The van der Waals surface area contributed by atoms with E-state index in [1.807, 2.05) is 68.4 Å².